The van der Waals surface area contributed by atoms with E-state index < -0.39 is 5.82 Å². The third-order valence-corrected chi connectivity index (χ3v) is 4.38. The molecule has 0 atom stereocenters. The van der Waals surface area contributed by atoms with E-state index in [1.807, 2.05) is 0 Å². The van der Waals surface area contributed by atoms with Gasteiger partial charge >= 0.3 is 0 Å². The molecule has 1 aromatic heterocycles. The molecule has 2 aromatic carbocycles. The van der Waals surface area contributed by atoms with E-state index in [9.17, 15) is 9.18 Å². The van der Waals surface area contributed by atoms with Gasteiger partial charge in [-0.2, -0.15) is 0 Å². The van der Waals surface area contributed by atoms with Crippen LogP contribution in [0, 0.1) is 12.7 Å². The van der Waals surface area contributed by atoms with Crippen LogP contribution < -0.4 is 15.8 Å². The molecule has 4 N–H and O–H groups in total. The molecule has 0 aliphatic carbocycles. The van der Waals surface area contributed by atoms with E-state index in [0.29, 0.717) is 16.4 Å². The average molecular weight is 408 g/mol. The predicted octanol–water partition coefficient (Wildman–Crippen LogP) is 5.07. The highest BCUT2D eigenvalue weighted by atomic mass is 35.5. The van der Waals surface area contributed by atoms with Gasteiger partial charge < -0.3 is 20.8 Å². The van der Waals surface area contributed by atoms with Gasteiger partial charge in [-0.1, -0.05) is 29.3 Å². The third-order valence-electron chi connectivity index (χ3n) is 3.86. The molecule has 1 amide bonds. The van der Waals surface area contributed by atoms with Gasteiger partial charge in [0.15, 0.2) is 11.6 Å². The number of aromatic amines is 1. The number of nitrogens with one attached hydrogen (secondary N) is 2. The number of carbonyl (C=O) groups is 1. The monoisotopic (exact) mass is 407 g/mol. The minimum Gasteiger partial charge on any atom is -0.453 e. The zero-order chi connectivity index (χ0) is 19.6. The summed E-state index contributed by atoms with van der Waals surface area (Å²) >= 11 is 12.0. The lowest BCUT2D eigenvalue weighted by Crippen LogP contribution is -2.24. The van der Waals surface area contributed by atoms with Crippen LogP contribution >= 0.6 is 23.2 Å². The van der Waals surface area contributed by atoms with Crippen molar-refractivity contribution in [3.05, 3.63) is 75.3 Å². The van der Waals surface area contributed by atoms with Crippen LogP contribution in [0.15, 0.2) is 42.6 Å². The number of anilines is 1. The molecule has 3 rings (SSSR count). The van der Waals surface area contributed by atoms with Crippen molar-refractivity contribution in [2.24, 2.45) is 0 Å². The fourth-order valence-electron chi connectivity index (χ4n) is 2.52. The van der Waals surface area contributed by atoms with Crippen LogP contribution in [0.25, 0.3) is 0 Å². The Kier molecular flexibility index (Phi) is 5.58. The van der Waals surface area contributed by atoms with Crippen LogP contribution in [0.1, 0.15) is 21.6 Å². The van der Waals surface area contributed by atoms with E-state index in [0.717, 1.165) is 5.56 Å². The molecule has 1 heterocycles. The first kappa shape index (κ1) is 19.1. The second kappa shape index (κ2) is 7.90. The molecule has 0 saturated carbocycles. The summed E-state index contributed by atoms with van der Waals surface area (Å²) in [5, 5.41) is 3.10. The smallest absolute Gasteiger partial charge is 0.268 e. The van der Waals surface area contributed by atoms with Crippen molar-refractivity contribution in [2.45, 2.75) is 13.5 Å². The lowest BCUT2D eigenvalue weighted by atomic mass is 10.2. The molecule has 5 nitrogen and oxygen atoms in total. The summed E-state index contributed by atoms with van der Waals surface area (Å²) in [6.45, 7) is 1.77. The minimum atomic E-state index is -0.676. The van der Waals surface area contributed by atoms with Crippen LogP contribution in [0.5, 0.6) is 11.5 Å². The Morgan fingerprint density at radius 2 is 2.04 bits per heavy atom. The summed E-state index contributed by atoms with van der Waals surface area (Å²) < 4.78 is 20.4. The number of hydrogen-bond donors (Lipinski definition) is 3. The number of hydrogen-bond acceptors (Lipinski definition) is 3. The standard InChI is InChI=1S/C19H16Cl2FN3O2/c1-10-4-5-24-17(10)19(26)25-9-11-2-3-15(21)18(16(11)22)27-14-7-12(20)6-13(23)8-14/h2-8,24H,9,23H2,1H3,(H,25,26). The van der Waals surface area contributed by atoms with Gasteiger partial charge in [-0.15, -0.1) is 0 Å². The van der Waals surface area contributed by atoms with E-state index in [-0.39, 0.29) is 34.5 Å². The molecule has 3 aromatic rings. The first-order valence-corrected chi connectivity index (χ1v) is 8.73. The van der Waals surface area contributed by atoms with Crippen molar-refractivity contribution in [2.75, 3.05) is 5.73 Å². The number of benzene rings is 2. The van der Waals surface area contributed by atoms with E-state index in [1.54, 1.807) is 25.3 Å². The largest absolute Gasteiger partial charge is 0.453 e. The molecule has 0 saturated heterocycles. The molecule has 0 radical (unpaired) electrons. The van der Waals surface area contributed by atoms with E-state index in [1.165, 1.54) is 24.3 Å². The van der Waals surface area contributed by atoms with Crippen molar-refractivity contribution in [3.8, 4) is 11.5 Å². The summed E-state index contributed by atoms with van der Waals surface area (Å²) in [6.07, 6.45) is 1.66. The second-order valence-corrected chi connectivity index (χ2v) is 6.73. The maximum atomic E-state index is 14.9. The zero-order valence-corrected chi connectivity index (χ0v) is 15.8. The quantitative estimate of drug-likeness (QED) is 0.516. The van der Waals surface area contributed by atoms with Crippen molar-refractivity contribution < 1.29 is 13.9 Å². The van der Waals surface area contributed by atoms with Gasteiger partial charge in [0, 0.05) is 35.1 Å². The van der Waals surface area contributed by atoms with E-state index in [4.69, 9.17) is 33.7 Å². The predicted molar refractivity (Wildman–Crippen MR) is 104 cm³/mol. The molecular formula is C19H16Cl2FN3O2. The number of halogens is 3. The molecule has 0 aliphatic rings. The summed E-state index contributed by atoms with van der Waals surface area (Å²) in [5.41, 5.74) is 7.54. The van der Waals surface area contributed by atoms with Gasteiger partial charge in [-0.25, -0.2) is 4.39 Å². The Balaban J connectivity index is 1.81. The van der Waals surface area contributed by atoms with Gasteiger partial charge in [0.05, 0.1) is 5.02 Å². The van der Waals surface area contributed by atoms with Gasteiger partial charge in [-0.3, -0.25) is 4.79 Å². The minimum absolute atomic E-state index is 0.0334. The molecule has 8 heteroatoms. The fourth-order valence-corrected chi connectivity index (χ4v) is 2.94. The Morgan fingerprint density at radius 3 is 2.70 bits per heavy atom. The van der Waals surface area contributed by atoms with Crippen LogP contribution in [-0.4, -0.2) is 10.9 Å². The summed E-state index contributed by atoms with van der Waals surface area (Å²) in [4.78, 5) is 15.0. The molecule has 140 valence electrons. The normalized spacial score (nSPS) is 10.7. The van der Waals surface area contributed by atoms with Crippen LogP contribution in [-0.2, 0) is 6.54 Å². The molecule has 0 fully saturated rings. The second-order valence-electron chi connectivity index (χ2n) is 5.89. The summed E-state index contributed by atoms with van der Waals surface area (Å²) in [6, 6.07) is 9.30. The average Bonchev–Trinajstić information content (AvgIpc) is 3.03. The number of nitrogens with two attached hydrogens (primary N) is 1. The summed E-state index contributed by atoms with van der Waals surface area (Å²) in [7, 11) is 0. The number of H-pyrrole nitrogens is 1. The molecule has 0 bridgehead atoms. The van der Waals surface area contributed by atoms with Crippen molar-refractivity contribution in [1.82, 2.24) is 10.3 Å². The van der Waals surface area contributed by atoms with Crippen LogP contribution in [0.4, 0.5) is 10.1 Å². The first-order chi connectivity index (χ1) is 12.8. The van der Waals surface area contributed by atoms with Gasteiger partial charge in [0.25, 0.3) is 5.91 Å². The number of amides is 1. The fraction of sp³-hybridized carbons (Fsp3) is 0.105. The van der Waals surface area contributed by atoms with Crippen LogP contribution in [0.3, 0.4) is 0 Å². The molecular weight excluding hydrogens is 392 g/mol. The van der Waals surface area contributed by atoms with Crippen LogP contribution in [0.2, 0.25) is 10.0 Å². The lowest BCUT2D eigenvalue weighted by Gasteiger charge is -2.13. The van der Waals surface area contributed by atoms with E-state index >= 15 is 0 Å². The zero-order valence-electron chi connectivity index (χ0n) is 14.3. The van der Waals surface area contributed by atoms with Gasteiger partial charge in [0.1, 0.15) is 11.4 Å². The van der Waals surface area contributed by atoms with E-state index in [2.05, 4.69) is 10.3 Å². The SMILES string of the molecule is Cc1cc[nH]c1C(=O)NCc1ccc(Cl)c(Oc2cc(N)cc(Cl)c2)c1F. The van der Waals surface area contributed by atoms with Gasteiger partial charge in [-0.05, 0) is 36.8 Å². The summed E-state index contributed by atoms with van der Waals surface area (Å²) in [5.74, 6) is -0.924. The number of rotatable bonds is 5. The Hall–Kier alpha value is -2.70. The van der Waals surface area contributed by atoms with Crippen molar-refractivity contribution in [1.29, 1.82) is 0 Å². The maximum absolute atomic E-state index is 14.9. The first-order valence-electron chi connectivity index (χ1n) is 7.98. The Labute approximate surface area is 165 Å². The highest BCUT2D eigenvalue weighted by Crippen LogP contribution is 2.35. The molecule has 0 spiro atoms. The highest BCUT2D eigenvalue weighted by Gasteiger charge is 2.17. The third kappa shape index (κ3) is 4.35. The Morgan fingerprint density at radius 1 is 1.26 bits per heavy atom. The molecule has 27 heavy (non-hydrogen) atoms. The lowest BCUT2D eigenvalue weighted by molar-refractivity contribution is 0.0945. The number of aryl methyl sites for hydroxylation is 1. The topological polar surface area (TPSA) is 80.1 Å². The molecule has 0 unspecified atom stereocenters. The highest BCUT2D eigenvalue weighted by molar-refractivity contribution is 6.32. The number of aromatic nitrogens is 1. The van der Waals surface area contributed by atoms with Crippen molar-refractivity contribution in [3.63, 3.8) is 0 Å². The van der Waals surface area contributed by atoms with Crippen molar-refractivity contribution >= 4 is 34.8 Å². The Bertz CT molecular complexity index is 984. The van der Waals surface area contributed by atoms with Gasteiger partial charge in [0.2, 0.25) is 0 Å². The number of carbonyl (C=O) groups excluding carboxylic acids is 1. The number of nitrogen functional groups attached to an aromatic ring is 1. The maximum Gasteiger partial charge on any atom is 0.268 e. The molecule has 0 aliphatic heterocycles. The number of ether oxygens (including phenoxy) is 1.